The molecule has 11 heavy (non-hydrogen) atoms. The highest BCUT2D eigenvalue weighted by Crippen LogP contribution is 2.05. The van der Waals surface area contributed by atoms with Gasteiger partial charge in [-0.3, -0.25) is 0 Å². The summed E-state index contributed by atoms with van der Waals surface area (Å²) in [5, 5.41) is 0. The second-order valence-corrected chi connectivity index (χ2v) is 2.05. The molecule has 0 saturated heterocycles. The highest BCUT2D eigenvalue weighted by atomic mass is 19.1. The summed E-state index contributed by atoms with van der Waals surface area (Å²) in [5.41, 5.74) is 0.781. The quantitative estimate of drug-likeness (QED) is 0.534. The van der Waals surface area contributed by atoms with Gasteiger partial charge in [0.2, 0.25) is 0 Å². The van der Waals surface area contributed by atoms with Crippen molar-refractivity contribution < 1.29 is 4.39 Å². The van der Waals surface area contributed by atoms with E-state index in [1.165, 1.54) is 6.08 Å². The Morgan fingerprint density at radius 1 is 1.36 bits per heavy atom. The standard InChI is InChI=1S/C10H7F/c1-2-10(11)8-9-6-4-3-5-7-9/h1,3-8H/b10-8+. The van der Waals surface area contributed by atoms with Gasteiger partial charge in [-0.25, -0.2) is 0 Å². The van der Waals surface area contributed by atoms with Crippen LogP contribution in [0.5, 0.6) is 0 Å². The molecule has 1 heteroatoms. The van der Waals surface area contributed by atoms with Gasteiger partial charge in [0.25, 0.3) is 0 Å². The number of benzene rings is 1. The first-order valence-corrected chi connectivity index (χ1v) is 3.22. The molecule has 1 aromatic carbocycles. The van der Waals surface area contributed by atoms with Gasteiger partial charge in [-0.05, 0) is 17.6 Å². The normalized spacial score (nSPS) is 10.7. The molecule has 0 fully saturated rings. The van der Waals surface area contributed by atoms with Crippen LogP contribution in [0.3, 0.4) is 0 Å². The van der Waals surface area contributed by atoms with Crippen molar-refractivity contribution in [1.82, 2.24) is 0 Å². The largest absolute Gasteiger partial charge is 0.197 e. The van der Waals surface area contributed by atoms with Crippen molar-refractivity contribution in [2.45, 2.75) is 0 Å². The minimum absolute atomic E-state index is 0.545. The molecule has 0 aliphatic rings. The van der Waals surface area contributed by atoms with Gasteiger partial charge in [-0.1, -0.05) is 30.3 Å². The van der Waals surface area contributed by atoms with E-state index in [-0.39, 0.29) is 0 Å². The third-order valence-corrected chi connectivity index (χ3v) is 1.23. The summed E-state index contributed by atoms with van der Waals surface area (Å²) in [6.45, 7) is 0. The molecule has 1 aromatic rings. The zero-order valence-corrected chi connectivity index (χ0v) is 5.92. The lowest BCUT2D eigenvalue weighted by Gasteiger charge is -1.88. The maximum atomic E-state index is 12.4. The molecule has 0 nitrogen and oxygen atoms in total. The molecule has 0 unspecified atom stereocenters. The van der Waals surface area contributed by atoms with Crippen LogP contribution < -0.4 is 0 Å². The van der Waals surface area contributed by atoms with Crippen molar-refractivity contribution in [3.05, 3.63) is 41.7 Å². The zero-order chi connectivity index (χ0) is 8.10. The van der Waals surface area contributed by atoms with Crippen molar-refractivity contribution >= 4 is 6.08 Å². The molecule has 54 valence electrons. The number of rotatable bonds is 1. The first-order chi connectivity index (χ1) is 5.33. The number of hydrogen-bond acceptors (Lipinski definition) is 0. The van der Waals surface area contributed by atoms with Crippen LogP contribution in [-0.4, -0.2) is 0 Å². The number of terminal acetylenes is 1. The van der Waals surface area contributed by atoms with E-state index < -0.39 is 5.83 Å². The Kier molecular flexibility index (Phi) is 2.46. The van der Waals surface area contributed by atoms with Crippen LogP contribution in [0, 0.1) is 12.3 Å². The average molecular weight is 146 g/mol. The number of halogens is 1. The van der Waals surface area contributed by atoms with Crippen molar-refractivity contribution in [1.29, 1.82) is 0 Å². The van der Waals surface area contributed by atoms with Crippen LogP contribution in [0.15, 0.2) is 36.2 Å². The maximum Gasteiger partial charge on any atom is 0.173 e. The molecule has 0 atom stereocenters. The number of hydrogen-bond donors (Lipinski definition) is 0. The smallest absolute Gasteiger partial charge is 0.173 e. The molecule has 0 heterocycles. The summed E-state index contributed by atoms with van der Waals surface area (Å²) in [5.74, 6) is 1.36. The molecule has 0 N–H and O–H groups in total. The monoisotopic (exact) mass is 146 g/mol. The average Bonchev–Trinajstić information content (AvgIpc) is 2.06. The Balaban J connectivity index is 2.90. The molecule has 0 bridgehead atoms. The fraction of sp³-hybridized carbons (Fsp3) is 0. The van der Waals surface area contributed by atoms with E-state index in [1.54, 1.807) is 12.1 Å². The van der Waals surface area contributed by atoms with Crippen LogP contribution in [0.1, 0.15) is 5.56 Å². The van der Waals surface area contributed by atoms with Gasteiger partial charge in [0, 0.05) is 0 Å². The molecule has 0 amide bonds. The summed E-state index contributed by atoms with van der Waals surface area (Å²) >= 11 is 0. The molecular formula is C10H7F. The van der Waals surface area contributed by atoms with E-state index >= 15 is 0 Å². The van der Waals surface area contributed by atoms with Gasteiger partial charge < -0.3 is 0 Å². The van der Waals surface area contributed by atoms with Crippen molar-refractivity contribution in [2.24, 2.45) is 0 Å². The summed E-state index contributed by atoms with van der Waals surface area (Å²) < 4.78 is 12.4. The second-order valence-electron chi connectivity index (χ2n) is 2.05. The Morgan fingerprint density at radius 3 is 2.55 bits per heavy atom. The van der Waals surface area contributed by atoms with Gasteiger partial charge in [0.1, 0.15) is 0 Å². The fourth-order valence-electron chi connectivity index (χ4n) is 0.737. The summed E-state index contributed by atoms with van der Waals surface area (Å²) in [6.07, 6.45) is 6.15. The molecule has 0 aromatic heterocycles. The lowest BCUT2D eigenvalue weighted by Crippen LogP contribution is -1.70. The molecular weight excluding hydrogens is 139 g/mol. The first kappa shape index (κ1) is 7.56. The molecule has 0 aliphatic heterocycles. The van der Waals surface area contributed by atoms with Crippen LogP contribution in [0.4, 0.5) is 4.39 Å². The van der Waals surface area contributed by atoms with E-state index in [1.807, 2.05) is 24.1 Å². The summed E-state index contributed by atoms with van der Waals surface area (Å²) in [7, 11) is 0. The third kappa shape index (κ3) is 2.27. The maximum absolute atomic E-state index is 12.4. The highest BCUT2D eigenvalue weighted by Gasteiger charge is 1.87. The molecule has 0 saturated carbocycles. The topological polar surface area (TPSA) is 0 Å². The minimum atomic E-state index is -0.545. The van der Waals surface area contributed by atoms with E-state index in [0.717, 1.165) is 5.56 Å². The Morgan fingerprint density at radius 2 is 2.00 bits per heavy atom. The lowest BCUT2D eigenvalue weighted by molar-refractivity contribution is 0.683. The van der Waals surface area contributed by atoms with Crippen LogP contribution in [0.25, 0.3) is 6.08 Å². The van der Waals surface area contributed by atoms with Crippen LogP contribution in [0.2, 0.25) is 0 Å². The van der Waals surface area contributed by atoms with Crippen molar-refractivity contribution in [3.8, 4) is 12.3 Å². The second kappa shape index (κ2) is 3.58. The summed E-state index contributed by atoms with van der Waals surface area (Å²) in [4.78, 5) is 0. The van der Waals surface area contributed by atoms with Gasteiger partial charge >= 0.3 is 0 Å². The van der Waals surface area contributed by atoms with Crippen molar-refractivity contribution in [3.63, 3.8) is 0 Å². The third-order valence-electron chi connectivity index (χ3n) is 1.23. The van der Waals surface area contributed by atoms with Gasteiger partial charge in [0.05, 0.1) is 0 Å². The van der Waals surface area contributed by atoms with E-state index in [9.17, 15) is 4.39 Å². The summed E-state index contributed by atoms with van der Waals surface area (Å²) in [6, 6.07) is 9.10. The van der Waals surface area contributed by atoms with E-state index in [2.05, 4.69) is 0 Å². The Hall–Kier alpha value is -1.55. The highest BCUT2D eigenvalue weighted by molar-refractivity contribution is 5.54. The van der Waals surface area contributed by atoms with E-state index in [4.69, 9.17) is 6.42 Å². The van der Waals surface area contributed by atoms with Crippen LogP contribution >= 0.6 is 0 Å². The molecule has 0 aliphatic carbocycles. The zero-order valence-electron chi connectivity index (χ0n) is 5.92. The van der Waals surface area contributed by atoms with Gasteiger partial charge in [0.15, 0.2) is 5.83 Å². The Labute approximate surface area is 65.4 Å². The predicted octanol–water partition coefficient (Wildman–Crippen LogP) is 2.63. The predicted molar refractivity (Wildman–Crippen MR) is 44.4 cm³/mol. The molecule has 0 spiro atoms. The fourth-order valence-corrected chi connectivity index (χ4v) is 0.737. The first-order valence-electron chi connectivity index (χ1n) is 3.22. The number of allylic oxidation sites excluding steroid dienone is 1. The SMILES string of the molecule is C#C/C(F)=C\c1ccccc1. The lowest BCUT2D eigenvalue weighted by atomic mass is 10.2. The van der Waals surface area contributed by atoms with Crippen LogP contribution in [-0.2, 0) is 0 Å². The Bertz CT molecular complexity index is 290. The minimum Gasteiger partial charge on any atom is -0.197 e. The van der Waals surface area contributed by atoms with Crippen molar-refractivity contribution in [2.75, 3.05) is 0 Å². The van der Waals surface area contributed by atoms with Gasteiger partial charge in [-0.2, -0.15) is 4.39 Å². The van der Waals surface area contributed by atoms with E-state index in [0.29, 0.717) is 0 Å². The molecule has 1 rings (SSSR count). The molecule has 0 radical (unpaired) electrons. The van der Waals surface area contributed by atoms with Gasteiger partial charge in [-0.15, -0.1) is 6.42 Å².